The molecule has 8 nitrogen and oxygen atoms in total. The van der Waals surface area contributed by atoms with Crippen LogP contribution in [0.1, 0.15) is 17.3 Å². The van der Waals surface area contributed by atoms with Gasteiger partial charge in [-0.25, -0.2) is 18.7 Å². The highest BCUT2D eigenvalue weighted by molar-refractivity contribution is 7.91. The van der Waals surface area contributed by atoms with Crippen molar-refractivity contribution < 1.29 is 32.2 Å². The van der Waals surface area contributed by atoms with Gasteiger partial charge in [0, 0.05) is 0 Å². The molecule has 1 aromatic carbocycles. The molecule has 0 saturated heterocycles. The second-order valence-corrected chi connectivity index (χ2v) is 4.84. The van der Waals surface area contributed by atoms with Gasteiger partial charge in [0.1, 0.15) is 5.82 Å². The molecule has 0 atom stereocenters. The quantitative estimate of drug-likeness (QED) is 0.743. The lowest BCUT2D eigenvalue weighted by atomic mass is 10.2. The summed E-state index contributed by atoms with van der Waals surface area (Å²) in [6.45, 7) is 1.43. The number of benzene rings is 1. The van der Waals surface area contributed by atoms with Gasteiger partial charge < -0.3 is 9.84 Å². The number of hydrogen-bond donors (Lipinski definition) is 3. The van der Waals surface area contributed by atoms with Crippen LogP contribution in [0.15, 0.2) is 18.2 Å². The van der Waals surface area contributed by atoms with Crippen molar-refractivity contribution in [1.82, 2.24) is 4.72 Å². The van der Waals surface area contributed by atoms with Crippen molar-refractivity contribution in [2.24, 2.45) is 0 Å². The summed E-state index contributed by atoms with van der Waals surface area (Å²) in [4.78, 5) is 21.9. The predicted molar refractivity (Wildman–Crippen MR) is 66.1 cm³/mol. The van der Waals surface area contributed by atoms with E-state index in [1.54, 1.807) is 4.72 Å². The lowest BCUT2D eigenvalue weighted by Gasteiger charge is -2.11. The Balaban J connectivity index is 2.98. The number of carbonyl (C=O) groups is 2. The zero-order valence-electron chi connectivity index (χ0n) is 10.2. The standard InChI is InChI=1S/C10H11FN2O6S/c1-2-19-10(16)13-20(17,18)12-8-4-3-6(11)5-7(8)9(14)15/h3-5,12H,2H2,1H3,(H,13,16)(H,14,15). The smallest absolute Gasteiger partial charge is 0.422 e. The Morgan fingerprint density at radius 3 is 2.60 bits per heavy atom. The van der Waals surface area contributed by atoms with Crippen LogP contribution in [0.4, 0.5) is 14.9 Å². The number of aromatic carboxylic acids is 1. The Hall–Kier alpha value is -2.36. The van der Waals surface area contributed by atoms with Crippen molar-refractivity contribution in [2.45, 2.75) is 6.92 Å². The van der Waals surface area contributed by atoms with Gasteiger partial charge in [-0.2, -0.15) is 8.42 Å². The zero-order chi connectivity index (χ0) is 15.3. The molecule has 20 heavy (non-hydrogen) atoms. The summed E-state index contributed by atoms with van der Waals surface area (Å²) in [5.74, 6) is -2.37. The van der Waals surface area contributed by atoms with Crippen molar-refractivity contribution in [3.63, 3.8) is 0 Å². The van der Waals surface area contributed by atoms with Gasteiger partial charge in [0.25, 0.3) is 0 Å². The molecule has 1 amide bonds. The van der Waals surface area contributed by atoms with Crippen LogP contribution < -0.4 is 9.44 Å². The van der Waals surface area contributed by atoms with E-state index in [1.165, 1.54) is 11.6 Å². The van der Waals surface area contributed by atoms with Crippen LogP contribution in [-0.2, 0) is 14.9 Å². The number of carbonyl (C=O) groups excluding carboxylic acids is 1. The number of carboxylic acids is 1. The van der Waals surface area contributed by atoms with Gasteiger partial charge in [0.2, 0.25) is 0 Å². The van der Waals surface area contributed by atoms with Crippen LogP contribution in [0.3, 0.4) is 0 Å². The van der Waals surface area contributed by atoms with Gasteiger partial charge in [-0.15, -0.1) is 0 Å². The maximum Gasteiger partial charge on any atom is 0.422 e. The molecule has 0 aliphatic carbocycles. The molecule has 0 radical (unpaired) electrons. The summed E-state index contributed by atoms with van der Waals surface area (Å²) < 4.78 is 43.7. The second-order valence-electron chi connectivity index (χ2n) is 3.42. The fourth-order valence-electron chi connectivity index (χ4n) is 1.22. The molecular formula is C10H11FN2O6S. The van der Waals surface area contributed by atoms with E-state index in [9.17, 15) is 22.4 Å². The van der Waals surface area contributed by atoms with Gasteiger partial charge in [-0.05, 0) is 25.1 Å². The van der Waals surface area contributed by atoms with E-state index in [0.717, 1.165) is 12.1 Å². The lowest BCUT2D eigenvalue weighted by molar-refractivity contribution is 0.0697. The van der Waals surface area contributed by atoms with Gasteiger partial charge in [-0.3, -0.25) is 4.72 Å². The molecule has 0 spiro atoms. The highest BCUT2D eigenvalue weighted by atomic mass is 32.2. The number of rotatable bonds is 5. The summed E-state index contributed by atoms with van der Waals surface area (Å²) in [5.41, 5.74) is -0.991. The number of amides is 1. The highest BCUT2D eigenvalue weighted by Crippen LogP contribution is 2.18. The van der Waals surface area contributed by atoms with Crippen molar-refractivity contribution in [3.05, 3.63) is 29.6 Å². The molecule has 0 aliphatic rings. The summed E-state index contributed by atoms with van der Waals surface area (Å²) in [5, 5.41) is 8.84. The van der Waals surface area contributed by atoms with E-state index >= 15 is 0 Å². The van der Waals surface area contributed by atoms with E-state index in [1.807, 2.05) is 0 Å². The molecule has 0 aromatic heterocycles. The molecule has 0 saturated carbocycles. The maximum absolute atomic E-state index is 12.9. The number of halogens is 1. The molecule has 0 heterocycles. The average Bonchev–Trinajstić information content (AvgIpc) is 2.30. The first-order valence-corrected chi connectivity index (χ1v) is 6.73. The summed E-state index contributed by atoms with van der Waals surface area (Å²) >= 11 is 0. The third-order valence-corrected chi connectivity index (χ3v) is 2.87. The molecule has 1 rings (SSSR count). The van der Waals surface area contributed by atoms with Crippen LogP contribution in [0, 0.1) is 5.82 Å². The molecule has 3 N–H and O–H groups in total. The second kappa shape index (κ2) is 6.19. The van der Waals surface area contributed by atoms with E-state index in [4.69, 9.17) is 5.11 Å². The van der Waals surface area contributed by atoms with Crippen LogP contribution in [0.25, 0.3) is 0 Å². The predicted octanol–water partition coefficient (Wildman–Crippen LogP) is 0.927. The Labute approximate surface area is 113 Å². The summed E-state index contributed by atoms with van der Waals surface area (Å²) in [7, 11) is -4.39. The molecule has 0 aliphatic heterocycles. The molecule has 110 valence electrons. The number of ether oxygens (including phenoxy) is 1. The Bertz CT molecular complexity index is 631. The maximum atomic E-state index is 12.9. The van der Waals surface area contributed by atoms with Crippen molar-refractivity contribution in [3.8, 4) is 0 Å². The summed E-state index contributed by atoms with van der Waals surface area (Å²) in [6, 6.07) is 2.43. The van der Waals surface area contributed by atoms with Crippen molar-refractivity contribution in [2.75, 3.05) is 11.3 Å². The van der Waals surface area contributed by atoms with Crippen molar-refractivity contribution in [1.29, 1.82) is 0 Å². The molecule has 0 unspecified atom stereocenters. The average molecular weight is 306 g/mol. The molecule has 0 bridgehead atoms. The summed E-state index contributed by atoms with van der Waals surface area (Å²) in [6.07, 6.45) is -1.22. The number of anilines is 1. The first kappa shape index (κ1) is 15.7. The fraction of sp³-hybridized carbons (Fsp3) is 0.200. The Morgan fingerprint density at radius 1 is 1.40 bits per heavy atom. The fourth-order valence-corrected chi connectivity index (χ4v) is 2.02. The lowest BCUT2D eigenvalue weighted by Crippen LogP contribution is -2.36. The van der Waals surface area contributed by atoms with Crippen LogP contribution in [0.5, 0.6) is 0 Å². The van der Waals surface area contributed by atoms with Gasteiger partial charge in [-0.1, -0.05) is 0 Å². The molecule has 0 fully saturated rings. The highest BCUT2D eigenvalue weighted by Gasteiger charge is 2.19. The Morgan fingerprint density at radius 2 is 2.05 bits per heavy atom. The number of hydrogen-bond acceptors (Lipinski definition) is 5. The van der Waals surface area contributed by atoms with Crippen LogP contribution >= 0.6 is 0 Å². The molecular weight excluding hydrogens is 295 g/mol. The van der Waals surface area contributed by atoms with E-state index in [0.29, 0.717) is 6.07 Å². The third-order valence-electron chi connectivity index (χ3n) is 1.95. The minimum atomic E-state index is -4.39. The van der Waals surface area contributed by atoms with E-state index in [2.05, 4.69) is 4.74 Å². The minimum Gasteiger partial charge on any atom is -0.478 e. The number of nitrogens with one attached hydrogen (secondary N) is 2. The van der Waals surface area contributed by atoms with Gasteiger partial charge in [0.15, 0.2) is 0 Å². The largest absolute Gasteiger partial charge is 0.478 e. The SMILES string of the molecule is CCOC(=O)NS(=O)(=O)Nc1ccc(F)cc1C(=O)O. The monoisotopic (exact) mass is 306 g/mol. The number of carboxylic acid groups (broad SMARTS) is 1. The van der Waals surface area contributed by atoms with Crippen LogP contribution in [0.2, 0.25) is 0 Å². The molecule has 10 heteroatoms. The van der Waals surface area contributed by atoms with Gasteiger partial charge in [0.05, 0.1) is 17.9 Å². The van der Waals surface area contributed by atoms with Gasteiger partial charge >= 0.3 is 22.3 Å². The normalized spacial score (nSPS) is 10.7. The minimum absolute atomic E-state index is 0.0434. The van der Waals surface area contributed by atoms with E-state index < -0.39 is 39.3 Å². The van der Waals surface area contributed by atoms with E-state index in [-0.39, 0.29) is 6.61 Å². The first-order chi connectivity index (χ1) is 9.25. The van der Waals surface area contributed by atoms with Crippen LogP contribution in [-0.4, -0.2) is 32.2 Å². The first-order valence-electron chi connectivity index (χ1n) is 5.25. The third kappa shape index (κ3) is 4.39. The molecule has 1 aromatic rings. The zero-order valence-corrected chi connectivity index (χ0v) is 11.0. The van der Waals surface area contributed by atoms with Crippen molar-refractivity contribution >= 4 is 28.0 Å². The Kier molecular flexibility index (Phi) is 4.86. The topological polar surface area (TPSA) is 122 Å².